The fourth-order valence-corrected chi connectivity index (χ4v) is 2.18. The van der Waals surface area contributed by atoms with Gasteiger partial charge in [-0.15, -0.1) is 0 Å². The van der Waals surface area contributed by atoms with Crippen molar-refractivity contribution >= 4 is 11.6 Å². The van der Waals surface area contributed by atoms with Crippen LogP contribution in [0, 0.1) is 5.92 Å². The first kappa shape index (κ1) is 10.9. The van der Waals surface area contributed by atoms with Gasteiger partial charge < -0.3 is 10.8 Å². The third kappa shape index (κ3) is 2.33. The van der Waals surface area contributed by atoms with Gasteiger partial charge in [0.15, 0.2) is 0 Å². The van der Waals surface area contributed by atoms with E-state index in [4.69, 9.17) is 17.3 Å². The topological polar surface area (TPSA) is 46.2 Å². The van der Waals surface area contributed by atoms with Crippen molar-refractivity contribution in [2.75, 3.05) is 0 Å². The first-order valence-electron chi connectivity index (χ1n) is 5.37. The van der Waals surface area contributed by atoms with Crippen molar-refractivity contribution in [1.82, 2.24) is 0 Å². The summed E-state index contributed by atoms with van der Waals surface area (Å²) < 4.78 is 0. The van der Waals surface area contributed by atoms with Gasteiger partial charge >= 0.3 is 0 Å². The molecule has 0 radical (unpaired) electrons. The number of hydrogen-bond donors (Lipinski definition) is 2. The Balaban J connectivity index is 2.08. The summed E-state index contributed by atoms with van der Waals surface area (Å²) in [6, 6.07) is 7.11. The number of rotatable bonds is 3. The van der Waals surface area contributed by atoms with Gasteiger partial charge in [0.05, 0.1) is 12.1 Å². The Morgan fingerprint density at radius 3 is 2.67 bits per heavy atom. The van der Waals surface area contributed by atoms with Crippen molar-refractivity contribution < 1.29 is 5.11 Å². The zero-order valence-electron chi connectivity index (χ0n) is 8.57. The highest BCUT2D eigenvalue weighted by atomic mass is 35.5. The minimum atomic E-state index is -0.433. The molecule has 0 saturated heterocycles. The van der Waals surface area contributed by atoms with Crippen LogP contribution in [0.2, 0.25) is 5.02 Å². The lowest BCUT2D eigenvalue weighted by molar-refractivity contribution is 0.0414. The summed E-state index contributed by atoms with van der Waals surface area (Å²) in [4.78, 5) is 0. The SMILES string of the molecule is N[C@@H](c1cccc(Cl)c1)[C@H](O)C1CCC1. The van der Waals surface area contributed by atoms with Crippen LogP contribution in [0.1, 0.15) is 30.9 Å². The minimum absolute atomic E-state index is 0.311. The second-order valence-corrected chi connectivity index (χ2v) is 4.70. The van der Waals surface area contributed by atoms with Crippen molar-refractivity contribution in [3.8, 4) is 0 Å². The van der Waals surface area contributed by atoms with Gasteiger partial charge in [0.2, 0.25) is 0 Å². The van der Waals surface area contributed by atoms with Gasteiger partial charge in [0.25, 0.3) is 0 Å². The molecule has 0 aliphatic heterocycles. The molecule has 0 bridgehead atoms. The molecule has 3 N–H and O–H groups in total. The molecule has 1 saturated carbocycles. The minimum Gasteiger partial charge on any atom is -0.391 e. The smallest absolute Gasteiger partial charge is 0.0760 e. The molecule has 15 heavy (non-hydrogen) atoms. The maximum Gasteiger partial charge on any atom is 0.0760 e. The molecule has 0 unspecified atom stereocenters. The van der Waals surface area contributed by atoms with Crippen LogP contribution in [0.4, 0.5) is 0 Å². The first-order chi connectivity index (χ1) is 7.18. The maximum absolute atomic E-state index is 10.0. The Morgan fingerprint density at radius 1 is 1.40 bits per heavy atom. The van der Waals surface area contributed by atoms with E-state index in [1.807, 2.05) is 24.3 Å². The molecule has 0 amide bonds. The maximum atomic E-state index is 10.0. The van der Waals surface area contributed by atoms with Gasteiger partial charge in [0.1, 0.15) is 0 Å². The number of aliphatic hydroxyl groups is 1. The molecule has 2 nitrogen and oxygen atoms in total. The van der Waals surface area contributed by atoms with E-state index >= 15 is 0 Å². The summed E-state index contributed by atoms with van der Waals surface area (Å²) in [5, 5.41) is 10.7. The molecular weight excluding hydrogens is 210 g/mol. The van der Waals surface area contributed by atoms with Crippen molar-refractivity contribution in [3.63, 3.8) is 0 Å². The number of halogens is 1. The van der Waals surface area contributed by atoms with Crippen LogP contribution in [0.15, 0.2) is 24.3 Å². The second kappa shape index (κ2) is 4.52. The van der Waals surface area contributed by atoms with Crippen LogP contribution < -0.4 is 5.73 Å². The molecule has 1 aliphatic rings. The predicted molar refractivity (Wildman–Crippen MR) is 61.7 cm³/mol. The van der Waals surface area contributed by atoms with Crippen molar-refractivity contribution in [2.45, 2.75) is 31.4 Å². The van der Waals surface area contributed by atoms with E-state index in [9.17, 15) is 5.11 Å². The quantitative estimate of drug-likeness (QED) is 0.831. The number of hydrogen-bond acceptors (Lipinski definition) is 2. The summed E-state index contributed by atoms with van der Waals surface area (Å²) in [7, 11) is 0. The van der Waals surface area contributed by atoms with E-state index in [-0.39, 0.29) is 6.04 Å². The molecule has 1 aromatic carbocycles. The Morgan fingerprint density at radius 2 is 2.13 bits per heavy atom. The molecule has 0 aromatic heterocycles. The molecule has 0 heterocycles. The third-order valence-electron chi connectivity index (χ3n) is 3.23. The van der Waals surface area contributed by atoms with Crippen molar-refractivity contribution in [1.29, 1.82) is 0 Å². The molecular formula is C12H16ClNO. The largest absolute Gasteiger partial charge is 0.391 e. The Bertz CT molecular complexity index is 338. The van der Waals surface area contributed by atoms with Gasteiger partial charge in [0, 0.05) is 5.02 Å². The Kier molecular flexibility index (Phi) is 3.29. The van der Waals surface area contributed by atoms with E-state index in [2.05, 4.69) is 0 Å². The Labute approximate surface area is 95.1 Å². The predicted octanol–water partition coefficient (Wildman–Crippen LogP) is 2.50. The molecule has 2 atom stereocenters. The third-order valence-corrected chi connectivity index (χ3v) is 3.47. The van der Waals surface area contributed by atoms with Crippen LogP contribution in [0.25, 0.3) is 0 Å². The summed E-state index contributed by atoms with van der Waals surface area (Å²) in [5.74, 6) is 0.374. The molecule has 2 rings (SSSR count). The monoisotopic (exact) mass is 225 g/mol. The van der Waals surface area contributed by atoms with Crippen LogP contribution in [0.3, 0.4) is 0 Å². The van der Waals surface area contributed by atoms with Gasteiger partial charge in [-0.3, -0.25) is 0 Å². The highest BCUT2D eigenvalue weighted by Gasteiger charge is 2.30. The molecule has 82 valence electrons. The standard InChI is InChI=1S/C12H16ClNO/c13-10-6-2-5-9(7-10)11(14)12(15)8-3-1-4-8/h2,5-8,11-12,15H,1,3-4,14H2/t11-,12+/m0/s1. The van der Waals surface area contributed by atoms with E-state index in [0.29, 0.717) is 10.9 Å². The second-order valence-electron chi connectivity index (χ2n) is 4.26. The van der Waals surface area contributed by atoms with Gasteiger partial charge in [-0.2, -0.15) is 0 Å². The summed E-state index contributed by atoms with van der Waals surface area (Å²) in [6.45, 7) is 0. The van der Waals surface area contributed by atoms with Gasteiger partial charge in [-0.1, -0.05) is 30.2 Å². The fraction of sp³-hybridized carbons (Fsp3) is 0.500. The molecule has 1 aromatic rings. The van der Waals surface area contributed by atoms with Crippen LogP contribution in [-0.2, 0) is 0 Å². The fourth-order valence-electron chi connectivity index (χ4n) is 1.99. The normalized spacial score (nSPS) is 20.7. The average Bonchev–Trinajstić information content (AvgIpc) is 2.14. The zero-order valence-corrected chi connectivity index (χ0v) is 9.32. The first-order valence-corrected chi connectivity index (χ1v) is 5.75. The lowest BCUT2D eigenvalue weighted by Crippen LogP contribution is -2.36. The summed E-state index contributed by atoms with van der Waals surface area (Å²) >= 11 is 5.88. The van der Waals surface area contributed by atoms with E-state index in [1.54, 1.807) is 0 Å². The van der Waals surface area contributed by atoms with Gasteiger partial charge in [-0.05, 0) is 36.5 Å². The lowest BCUT2D eigenvalue weighted by atomic mass is 9.77. The van der Waals surface area contributed by atoms with Gasteiger partial charge in [-0.25, -0.2) is 0 Å². The van der Waals surface area contributed by atoms with Crippen LogP contribution in [0.5, 0.6) is 0 Å². The summed E-state index contributed by atoms with van der Waals surface area (Å²) in [5.41, 5.74) is 6.93. The molecule has 1 aliphatic carbocycles. The molecule has 1 fully saturated rings. The lowest BCUT2D eigenvalue weighted by Gasteiger charge is -2.33. The van der Waals surface area contributed by atoms with E-state index in [0.717, 1.165) is 18.4 Å². The number of benzene rings is 1. The van der Waals surface area contributed by atoms with E-state index in [1.165, 1.54) is 6.42 Å². The highest BCUT2D eigenvalue weighted by Crippen LogP contribution is 2.34. The van der Waals surface area contributed by atoms with E-state index < -0.39 is 6.10 Å². The molecule has 0 spiro atoms. The zero-order chi connectivity index (χ0) is 10.8. The summed E-state index contributed by atoms with van der Waals surface area (Å²) in [6.07, 6.45) is 2.96. The van der Waals surface area contributed by atoms with Crippen LogP contribution >= 0.6 is 11.6 Å². The highest BCUT2D eigenvalue weighted by molar-refractivity contribution is 6.30. The number of aliphatic hydroxyl groups excluding tert-OH is 1. The Hall–Kier alpha value is -0.570. The molecule has 3 heteroatoms. The average molecular weight is 226 g/mol. The number of nitrogens with two attached hydrogens (primary N) is 1. The van der Waals surface area contributed by atoms with Crippen molar-refractivity contribution in [2.24, 2.45) is 11.7 Å². The van der Waals surface area contributed by atoms with Crippen molar-refractivity contribution in [3.05, 3.63) is 34.9 Å². The van der Waals surface area contributed by atoms with Crippen LogP contribution in [-0.4, -0.2) is 11.2 Å².